The maximum atomic E-state index is 13.8. The molecule has 0 fully saturated rings. The molecule has 0 aliphatic heterocycles. The largest absolute Gasteiger partial charge is 0.450 e. The molecule has 0 saturated carbocycles. The van der Waals surface area contributed by atoms with E-state index in [2.05, 4.69) is 5.16 Å². The van der Waals surface area contributed by atoms with Crippen LogP contribution in [0.4, 0.5) is 8.78 Å². The molecule has 0 aliphatic carbocycles. The second kappa shape index (κ2) is 5.75. The van der Waals surface area contributed by atoms with Crippen LogP contribution in [0.3, 0.4) is 0 Å². The van der Waals surface area contributed by atoms with Gasteiger partial charge in [-0.15, -0.1) is 0 Å². The molecule has 0 spiro atoms. The van der Waals surface area contributed by atoms with Gasteiger partial charge in [-0.1, -0.05) is 28.9 Å². The van der Waals surface area contributed by atoms with Gasteiger partial charge < -0.3 is 15.7 Å². The van der Waals surface area contributed by atoms with E-state index in [1.165, 1.54) is 12.1 Å². The number of hydrogen-bond donors (Lipinski definition) is 2. The van der Waals surface area contributed by atoms with Gasteiger partial charge >= 0.3 is 0 Å². The van der Waals surface area contributed by atoms with E-state index in [0.717, 1.165) is 12.1 Å². The first kappa shape index (κ1) is 14.1. The smallest absolute Gasteiger partial charge is 0.198 e. The van der Waals surface area contributed by atoms with Crippen LogP contribution in [-0.2, 0) is 0 Å². The summed E-state index contributed by atoms with van der Waals surface area (Å²) in [6.45, 7) is 0. The highest BCUT2D eigenvalue weighted by molar-refractivity contribution is 6.32. The van der Waals surface area contributed by atoms with Crippen molar-refractivity contribution in [2.24, 2.45) is 10.9 Å². The first-order valence-corrected chi connectivity index (χ1v) is 5.80. The minimum Gasteiger partial charge on any atom is -0.450 e. The van der Waals surface area contributed by atoms with Crippen molar-refractivity contribution in [2.75, 3.05) is 0 Å². The number of nitrogens with two attached hydrogens (primary N) is 1. The molecule has 20 heavy (non-hydrogen) atoms. The summed E-state index contributed by atoms with van der Waals surface area (Å²) in [6.07, 6.45) is 0. The van der Waals surface area contributed by atoms with Crippen LogP contribution in [0.15, 0.2) is 41.6 Å². The lowest BCUT2D eigenvalue weighted by Gasteiger charge is -2.10. The molecular formula is C13H9ClF2N2O2. The van der Waals surface area contributed by atoms with Crippen LogP contribution in [0.2, 0.25) is 5.02 Å². The Morgan fingerprint density at radius 1 is 1.20 bits per heavy atom. The lowest BCUT2D eigenvalue weighted by atomic mass is 10.2. The molecule has 0 saturated heterocycles. The van der Waals surface area contributed by atoms with Gasteiger partial charge in [0.2, 0.25) is 0 Å². The Bertz CT molecular complexity index is 654. The van der Waals surface area contributed by atoms with E-state index in [1.807, 2.05) is 0 Å². The molecule has 104 valence electrons. The van der Waals surface area contributed by atoms with Crippen LogP contribution in [0.5, 0.6) is 11.5 Å². The van der Waals surface area contributed by atoms with Crippen LogP contribution in [-0.4, -0.2) is 11.0 Å². The summed E-state index contributed by atoms with van der Waals surface area (Å²) in [5.74, 6) is -2.90. The number of nitrogens with zero attached hydrogens (tertiary/aromatic N) is 1. The van der Waals surface area contributed by atoms with Crippen LogP contribution < -0.4 is 10.5 Å². The zero-order valence-electron chi connectivity index (χ0n) is 9.98. The van der Waals surface area contributed by atoms with E-state index >= 15 is 0 Å². The number of hydrogen-bond acceptors (Lipinski definition) is 3. The normalized spacial score (nSPS) is 11.4. The molecule has 0 heterocycles. The topological polar surface area (TPSA) is 67.8 Å². The quantitative estimate of drug-likeness (QED) is 0.394. The molecule has 7 heteroatoms. The third kappa shape index (κ3) is 2.80. The average Bonchev–Trinajstić information content (AvgIpc) is 2.43. The Kier molecular flexibility index (Phi) is 4.05. The molecule has 0 aromatic heterocycles. The van der Waals surface area contributed by atoms with E-state index in [4.69, 9.17) is 27.3 Å². The highest BCUT2D eigenvalue weighted by atomic mass is 35.5. The van der Waals surface area contributed by atoms with Gasteiger partial charge in [-0.25, -0.2) is 8.78 Å². The van der Waals surface area contributed by atoms with E-state index in [9.17, 15) is 8.78 Å². The van der Waals surface area contributed by atoms with Gasteiger partial charge in [0, 0.05) is 5.56 Å². The summed E-state index contributed by atoms with van der Waals surface area (Å²) >= 11 is 5.84. The Hall–Kier alpha value is -2.34. The van der Waals surface area contributed by atoms with E-state index in [1.54, 1.807) is 12.1 Å². The number of ether oxygens (including phenoxy) is 1. The van der Waals surface area contributed by atoms with Gasteiger partial charge in [-0.05, 0) is 24.3 Å². The Morgan fingerprint density at radius 3 is 2.35 bits per heavy atom. The fourth-order valence-corrected chi connectivity index (χ4v) is 1.67. The predicted octanol–water partition coefficient (Wildman–Crippen LogP) is 3.51. The van der Waals surface area contributed by atoms with Gasteiger partial charge in [0.1, 0.15) is 5.75 Å². The minimum absolute atomic E-state index is 0.103. The van der Waals surface area contributed by atoms with Gasteiger partial charge in [0.05, 0.1) is 5.02 Å². The fourth-order valence-electron chi connectivity index (χ4n) is 1.50. The molecule has 4 nitrogen and oxygen atoms in total. The minimum atomic E-state index is -0.994. The maximum Gasteiger partial charge on any atom is 0.198 e. The molecule has 2 rings (SSSR count). The van der Waals surface area contributed by atoms with Crippen molar-refractivity contribution in [3.05, 3.63) is 58.6 Å². The number of rotatable bonds is 3. The van der Waals surface area contributed by atoms with Gasteiger partial charge in [-0.2, -0.15) is 0 Å². The summed E-state index contributed by atoms with van der Waals surface area (Å²) in [6, 6.07) is 8.05. The average molecular weight is 299 g/mol. The number of para-hydroxylation sites is 1. The molecule has 2 aromatic rings. The first-order chi connectivity index (χ1) is 9.52. The Morgan fingerprint density at radius 2 is 1.80 bits per heavy atom. The molecule has 3 N–H and O–H groups in total. The SMILES string of the molecule is N/C(=N/O)c1cc(F)c(Oc2ccccc2Cl)c(F)c1. The maximum absolute atomic E-state index is 13.8. The second-order valence-electron chi connectivity index (χ2n) is 3.79. The number of halogens is 3. The summed E-state index contributed by atoms with van der Waals surface area (Å²) in [5.41, 5.74) is 5.16. The third-order valence-electron chi connectivity index (χ3n) is 2.45. The second-order valence-corrected chi connectivity index (χ2v) is 4.19. The Labute approximate surface area is 118 Å². The summed E-state index contributed by atoms with van der Waals surface area (Å²) in [7, 11) is 0. The van der Waals surface area contributed by atoms with Crippen molar-refractivity contribution in [3.63, 3.8) is 0 Å². The first-order valence-electron chi connectivity index (χ1n) is 5.42. The van der Waals surface area contributed by atoms with E-state index in [0.29, 0.717) is 0 Å². The van der Waals surface area contributed by atoms with Crippen molar-refractivity contribution in [3.8, 4) is 11.5 Å². The number of benzene rings is 2. The molecule has 2 aromatic carbocycles. The van der Waals surface area contributed by atoms with Crippen molar-refractivity contribution in [1.82, 2.24) is 0 Å². The third-order valence-corrected chi connectivity index (χ3v) is 2.76. The molecule has 0 radical (unpaired) electrons. The zero-order valence-corrected chi connectivity index (χ0v) is 10.7. The summed E-state index contributed by atoms with van der Waals surface area (Å²) < 4.78 is 32.8. The molecule has 0 amide bonds. The van der Waals surface area contributed by atoms with E-state index in [-0.39, 0.29) is 16.3 Å². The van der Waals surface area contributed by atoms with Gasteiger partial charge in [0.15, 0.2) is 23.2 Å². The number of amidine groups is 1. The molecule has 0 atom stereocenters. The predicted molar refractivity (Wildman–Crippen MR) is 70.4 cm³/mol. The number of oxime groups is 1. The summed E-state index contributed by atoms with van der Waals surface area (Å²) in [5, 5.41) is 11.4. The highest BCUT2D eigenvalue weighted by Gasteiger charge is 2.16. The molecule has 0 aliphatic rings. The van der Waals surface area contributed by atoms with Crippen molar-refractivity contribution < 1.29 is 18.7 Å². The monoisotopic (exact) mass is 298 g/mol. The molecule has 0 bridgehead atoms. The van der Waals surface area contributed by atoms with Crippen LogP contribution >= 0.6 is 11.6 Å². The van der Waals surface area contributed by atoms with Crippen LogP contribution in [0.1, 0.15) is 5.56 Å². The van der Waals surface area contributed by atoms with Gasteiger partial charge in [-0.3, -0.25) is 0 Å². The van der Waals surface area contributed by atoms with Crippen LogP contribution in [0, 0.1) is 11.6 Å². The standard InChI is InChI=1S/C13H9ClF2N2O2/c14-8-3-1-2-4-11(8)20-12-9(15)5-7(6-10(12)16)13(17)18-19/h1-6,19H,(H2,17,18). The van der Waals surface area contributed by atoms with Crippen molar-refractivity contribution in [1.29, 1.82) is 0 Å². The van der Waals surface area contributed by atoms with Crippen LogP contribution in [0.25, 0.3) is 0 Å². The lowest BCUT2D eigenvalue weighted by Crippen LogP contribution is -2.14. The summed E-state index contributed by atoms with van der Waals surface area (Å²) in [4.78, 5) is 0. The molecule has 0 unspecified atom stereocenters. The zero-order chi connectivity index (χ0) is 14.7. The molecular weight excluding hydrogens is 290 g/mol. The van der Waals surface area contributed by atoms with E-state index < -0.39 is 23.2 Å². The highest BCUT2D eigenvalue weighted by Crippen LogP contribution is 2.32. The Balaban J connectivity index is 2.41. The van der Waals surface area contributed by atoms with Crippen molar-refractivity contribution in [2.45, 2.75) is 0 Å². The fraction of sp³-hybridized carbons (Fsp3) is 0. The van der Waals surface area contributed by atoms with Crippen molar-refractivity contribution >= 4 is 17.4 Å². The lowest BCUT2D eigenvalue weighted by molar-refractivity contribution is 0.318. The van der Waals surface area contributed by atoms with Gasteiger partial charge in [0.25, 0.3) is 0 Å².